The lowest BCUT2D eigenvalue weighted by Gasteiger charge is -2.33. The van der Waals surface area contributed by atoms with Crippen LogP contribution in [0.15, 0.2) is 47.5 Å². The highest BCUT2D eigenvalue weighted by molar-refractivity contribution is 6.14. The van der Waals surface area contributed by atoms with Gasteiger partial charge in [-0.2, -0.15) is 0 Å². The number of benzene rings is 2. The number of rotatable bonds is 7. The zero-order chi connectivity index (χ0) is 23.3. The number of ether oxygens (including phenoxy) is 4. The Balaban J connectivity index is 2.04. The molecular weight excluding hydrogens is 406 g/mol. The summed E-state index contributed by atoms with van der Waals surface area (Å²) < 4.78 is 21.6. The lowest BCUT2D eigenvalue weighted by molar-refractivity contribution is -0.113. The molecule has 0 unspecified atom stereocenters. The van der Waals surface area contributed by atoms with E-state index in [1.54, 1.807) is 28.4 Å². The Labute approximate surface area is 190 Å². The Hall–Kier alpha value is -3.25. The maximum Gasteiger partial charge on any atom is 0.187 e. The number of likely N-dealkylation sites (tertiary alicyclic amines) is 1. The van der Waals surface area contributed by atoms with Gasteiger partial charge in [0, 0.05) is 53.5 Å². The second kappa shape index (κ2) is 10.4. The molecule has 1 saturated heterocycles. The van der Waals surface area contributed by atoms with E-state index >= 15 is 0 Å². The smallest absolute Gasteiger partial charge is 0.187 e. The molecule has 0 bridgehead atoms. The molecule has 0 aromatic heterocycles. The van der Waals surface area contributed by atoms with Gasteiger partial charge in [0.1, 0.15) is 23.0 Å². The maximum atomic E-state index is 13.5. The Kier molecular flexibility index (Phi) is 7.59. The largest absolute Gasteiger partial charge is 0.497 e. The standard InChI is InChI=1S/C26H31NO5/c1-17(2)27-15-20(11-18-7-9-22(29-3)13-24(18)31-5)26(28)21(16-27)12-19-8-10-23(30-4)14-25(19)32-6/h7-14,17H,15-16H2,1-6H3. The van der Waals surface area contributed by atoms with Crippen molar-refractivity contribution in [3.05, 3.63) is 58.7 Å². The summed E-state index contributed by atoms with van der Waals surface area (Å²) in [4.78, 5) is 15.7. The first-order valence-electron chi connectivity index (χ1n) is 10.5. The summed E-state index contributed by atoms with van der Waals surface area (Å²) in [7, 11) is 6.45. The minimum absolute atomic E-state index is 0.0256. The summed E-state index contributed by atoms with van der Waals surface area (Å²) >= 11 is 0. The van der Waals surface area contributed by atoms with E-state index < -0.39 is 0 Å². The van der Waals surface area contributed by atoms with E-state index in [1.165, 1.54) is 0 Å². The molecule has 1 aliphatic heterocycles. The third-order valence-electron chi connectivity index (χ3n) is 5.60. The summed E-state index contributed by atoms with van der Waals surface area (Å²) in [6.07, 6.45) is 3.82. The van der Waals surface area contributed by atoms with E-state index in [2.05, 4.69) is 18.7 Å². The number of Topliss-reactive ketones (excluding diaryl/α,β-unsaturated/α-hetero) is 1. The molecule has 0 amide bonds. The van der Waals surface area contributed by atoms with Crippen molar-refractivity contribution in [2.24, 2.45) is 0 Å². The van der Waals surface area contributed by atoms with Gasteiger partial charge in [0.25, 0.3) is 0 Å². The van der Waals surface area contributed by atoms with Crippen molar-refractivity contribution in [2.45, 2.75) is 19.9 Å². The summed E-state index contributed by atoms with van der Waals surface area (Å²) in [5.41, 5.74) is 3.10. The monoisotopic (exact) mass is 437 g/mol. The summed E-state index contributed by atoms with van der Waals surface area (Å²) in [5.74, 6) is 2.75. The second-order valence-electron chi connectivity index (χ2n) is 7.88. The quantitative estimate of drug-likeness (QED) is 0.596. The van der Waals surface area contributed by atoms with Crippen LogP contribution >= 0.6 is 0 Å². The highest BCUT2D eigenvalue weighted by atomic mass is 16.5. The zero-order valence-corrected chi connectivity index (χ0v) is 19.6. The van der Waals surface area contributed by atoms with Gasteiger partial charge < -0.3 is 18.9 Å². The first-order chi connectivity index (χ1) is 15.4. The van der Waals surface area contributed by atoms with E-state index in [0.717, 1.165) is 11.1 Å². The first kappa shape index (κ1) is 23.4. The average Bonchev–Trinajstić information content (AvgIpc) is 2.81. The Morgan fingerprint density at radius 1 is 0.750 bits per heavy atom. The molecular formula is C26H31NO5. The predicted molar refractivity (Wildman–Crippen MR) is 127 cm³/mol. The van der Waals surface area contributed by atoms with Gasteiger partial charge in [-0.1, -0.05) is 0 Å². The molecule has 6 nitrogen and oxygen atoms in total. The van der Waals surface area contributed by atoms with Crippen molar-refractivity contribution in [1.29, 1.82) is 0 Å². The minimum atomic E-state index is 0.0256. The molecule has 0 spiro atoms. The molecule has 0 saturated carbocycles. The Bertz CT molecular complexity index is 961. The normalized spacial score (nSPS) is 17.2. The molecule has 2 aromatic carbocycles. The van der Waals surface area contributed by atoms with E-state index in [-0.39, 0.29) is 11.8 Å². The molecule has 6 heteroatoms. The number of carbonyl (C=O) groups is 1. The van der Waals surface area contributed by atoms with E-state index in [4.69, 9.17) is 18.9 Å². The third kappa shape index (κ3) is 5.14. The lowest BCUT2D eigenvalue weighted by Crippen LogP contribution is -2.41. The van der Waals surface area contributed by atoms with Gasteiger partial charge in [0.05, 0.1) is 28.4 Å². The highest BCUT2D eigenvalue weighted by Gasteiger charge is 2.28. The molecule has 170 valence electrons. The molecule has 32 heavy (non-hydrogen) atoms. The highest BCUT2D eigenvalue weighted by Crippen LogP contribution is 2.31. The van der Waals surface area contributed by atoms with Gasteiger partial charge in [0.2, 0.25) is 0 Å². The minimum Gasteiger partial charge on any atom is -0.497 e. The maximum absolute atomic E-state index is 13.5. The van der Waals surface area contributed by atoms with Crippen LogP contribution in [0, 0.1) is 0 Å². The van der Waals surface area contributed by atoms with Crippen molar-refractivity contribution in [3.8, 4) is 23.0 Å². The summed E-state index contributed by atoms with van der Waals surface area (Å²) in [6, 6.07) is 11.5. The van der Waals surface area contributed by atoms with Crippen LogP contribution < -0.4 is 18.9 Å². The number of carbonyl (C=O) groups excluding carboxylic acids is 1. The molecule has 1 heterocycles. The van der Waals surface area contributed by atoms with Crippen LogP contribution in [0.2, 0.25) is 0 Å². The third-order valence-corrected chi connectivity index (χ3v) is 5.60. The van der Waals surface area contributed by atoms with Crippen LogP contribution in [-0.4, -0.2) is 58.3 Å². The average molecular weight is 438 g/mol. The van der Waals surface area contributed by atoms with Gasteiger partial charge in [-0.05, 0) is 50.3 Å². The predicted octanol–water partition coefficient (Wildman–Crippen LogP) is 4.48. The lowest BCUT2D eigenvalue weighted by atomic mass is 9.93. The van der Waals surface area contributed by atoms with Crippen LogP contribution in [0.3, 0.4) is 0 Å². The summed E-state index contributed by atoms with van der Waals surface area (Å²) in [6.45, 7) is 5.41. The van der Waals surface area contributed by atoms with Gasteiger partial charge in [-0.25, -0.2) is 0 Å². The van der Waals surface area contributed by atoms with E-state index in [1.807, 2.05) is 48.6 Å². The number of hydrogen-bond acceptors (Lipinski definition) is 6. The first-order valence-corrected chi connectivity index (χ1v) is 10.5. The Morgan fingerprint density at radius 2 is 1.19 bits per heavy atom. The fourth-order valence-electron chi connectivity index (χ4n) is 3.68. The number of methoxy groups -OCH3 is 4. The SMILES string of the molecule is COc1ccc(C=C2CN(C(C)C)CC(=Cc3ccc(OC)cc3OC)C2=O)c(OC)c1. The molecule has 0 atom stereocenters. The van der Waals surface area contributed by atoms with Crippen molar-refractivity contribution in [2.75, 3.05) is 41.5 Å². The van der Waals surface area contributed by atoms with Gasteiger partial charge >= 0.3 is 0 Å². The van der Waals surface area contributed by atoms with Gasteiger partial charge in [-0.3, -0.25) is 9.69 Å². The molecule has 1 aliphatic rings. The van der Waals surface area contributed by atoms with Crippen molar-refractivity contribution in [3.63, 3.8) is 0 Å². The van der Waals surface area contributed by atoms with Crippen LogP contribution in [0.25, 0.3) is 12.2 Å². The van der Waals surface area contributed by atoms with E-state index in [0.29, 0.717) is 47.2 Å². The molecule has 0 aliphatic carbocycles. The van der Waals surface area contributed by atoms with Crippen molar-refractivity contribution >= 4 is 17.9 Å². The molecule has 0 N–H and O–H groups in total. The number of hydrogen-bond donors (Lipinski definition) is 0. The molecule has 2 aromatic rings. The van der Waals surface area contributed by atoms with Gasteiger partial charge in [-0.15, -0.1) is 0 Å². The fraction of sp³-hybridized carbons (Fsp3) is 0.346. The topological polar surface area (TPSA) is 57.2 Å². The number of piperidine rings is 1. The second-order valence-corrected chi connectivity index (χ2v) is 7.88. The zero-order valence-electron chi connectivity index (χ0n) is 19.6. The fourth-order valence-corrected chi connectivity index (χ4v) is 3.68. The summed E-state index contributed by atoms with van der Waals surface area (Å²) in [5, 5.41) is 0. The van der Waals surface area contributed by atoms with Crippen molar-refractivity contribution < 1.29 is 23.7 Å². The van der Waals surface area contributed by atoms with Crippen LogP contribution in [0.5, 0.6) is 23.0 Å². The van der Waals surface area contributed by atoms with E-state index in [9.17, 15) is 4.79 Å². The molecule has 3 rings (SSSR count). The Morgan fingerprint density at radius 3 is 1.53 bits per heavy atom. The number of nitrogens with zero attached hydrogens (tertiary/aromatic N) is 1. The van der Waals surface area contributed by atoms with Crippen LogP contribution in [0.1, 0.15) is 25.0 Å². The molecule has 0 radical (unpaired) electrons. The van der Waals surface area contributed by atoms with Crippen LogP contribution in [-0.2, 0) is 4.79 Å². The number of ketones is 1. The van der Waals surface area contributed by atoms with Gasteiger partial charge in [0.15, 0.2) is 5.78 Å². The molecule has 1 fully saturated rings. The van der Waals surface area contributed by atoms with Crippen molar-refractivity contribution in [1.82, 2.24) is 4.90 Å². The van der Waals surface area contributed by atoms with Crippen LogP contribution in [0.4, 0.5) is 0 Å².